The van der Waals surface area contributed by atoms with Crippen molar-refractivity contribution in [1.82, 2.24) is 0 Å². The lowest BCUT2D eigenvalue weighted by Crippen LogP contribution is -2.18. The minimum atomic E-state index is -1.01. The Balaban J connectivity index is 2.58. The number of Topliss-reactive ketones (excluding diaryl/α,β-unsaturated/α-hetero) is 1. The average molecular weight is 308 g/mol. The van der Waals surface area contributed by atoms with Crippen molar-refractivity contribution >= 4 is 17.4 Å². The van der Waals surface area contributed by atoms with Crippen LogP contribution >= 0.6 is 0 Å². The summed E-state index contributed by atoms with van der Waals surface area (Å²) in [6.45, 7) is 9.14. The zero-order valence-electron chi connectivity index (χ0n) is 14.5. The average Bonchev–Trinajstić information content (AvgIpc) is 2.48. The highest BCUT2D eigenvalue weighted by Crippen LogP contribution is 2.31. The molecule has 0 amide bonds. The van der Waals surface area contributed by atoms with E-state index in [2.05, 4.69) is 25.1 Å². The third kappa shape index (κ3) is 3.96. The van der Waals surface area contributed by atoms with E-state index in [0.717, 1.165) is 22.3 Å². The fraction of sp³-hybridized carbons (Fsp3) is 0.286. The lowest BCUT2D eigenvalue weighted by Gasteiger charge is -2.23. The third-order valence-electron chi connectivity index (χ3n) is 4.07. The normalized spacial score (nSPS) is 12.3. The molecule has 0 fully saturated rings. The smallest absolute Gasteiger partial charge is 0.159 e. The second-order valence-electron chi connectivity index (χ2n) is 6.56. The minimum absolute atomic E-state index is 0.00239. The monoisotopic (exact) mass is 308 g/mol. The van der Waals surface area contributed by atoms with Crippen molar-refractivity contribution in [2.75, 3.05) is 0 Å². The Bertz CT molecular complexity index is 762. The molecule has 0 saturated carbocycles. The van der Waals surface area contributed by atoms with Gasteiger partial charge in [-0.1, -0.05) is 42.5 Å². The van der Waals surface area contributed by atoms with E-state index in [4.69, 9.17) is 0 Å². The van der Waals surface area contributed by atoms with Crippen LogP contribution in [0.3, 0.4) is 0 Å². The number of benzene rings is 2. The maximum absolute atomic E-state index is 11.6. The summed E-state index contributed by atoms with van der Waals surface area (Å²) in [7, 11) is 0. The topological polar surface area (TPSA) is 37.3 Å². The van der Waals surface area contributed by atoms with Crippen LogP contribution in [0.2, 0.25) is 0 Å². The highest BCUT2D eigenvalue weighted by Gasteiger charge is 2.22. The van der Waals surface area contributed by atoms with E-state index in [-0.39, 0.29) is 5.78 Å². The molecule has 0 bridgehead atoms. The molecule has 23 heavy (non-hydrogen) atoms. The Morgan fingerprint density at radius 1 is 1.09 bits per heavy atom. The van der Waals surface area contributed by atoms with Crippen LogP contribution in [0, 0.1) is 6.92 Å². The summed E-state index contributed by atoms with van der Waals surface area (Å²) in [6, 6.07) is 13.7. The van der Waals surface area contributed by atoms with Crippen molar-refractivity contribution < 1.29 is 9.90 Å². The molecule has 0 atom stereocenters. The second kappa shape index (κ2) is 6.51. The molecule has 0 spiro atoms. The number of aryl methyl sites for hydroxylation is 1. The van der Waals surface area contributed by atoms with Crippen molar-refractivity contribution in [1.29, 1.82) is 0 Å². The molecule has 0 aromatic heterocycles. The van der Waals surface area contributed by atoms with Crippen LogP contribution in [-0.4, -0.2) is 10.9 Å². The number of carbonyl (C=O) groups excluding carboxylic acids is 1. The van der Waals surface area contributed by atoms with Gasteiger partial charge in [0.25, 0.3) is 0 Å². The van der Waals surface area contributed by atoms with E-state index in [1.807, 2.05) is 31.2 Å². The van der Waals surface area contributed by atoms with Gasteiger partial charge in [-0.25, -0.2) is 0 Å². The van der Waals surface area contributed by atoms with Crippen molar-refractivity contribution in [2.45, 2.75) is 40.2 Å². The molecule has 2 aromatic rings. The summed E-state index contributed by atoms with van der Waals surface area (Å²) >= 11 is 0. The van der Waals surface area contributed by atoms with E-state index in [1.165, 1.54) is 5.56 Å². The number of rotatable bonds is 4. The Morgan fingerprint density at radius 2 is 1.74 bits per heavy atom. The molecule has 2 aromatic carbocycles. The fourth-order valence-electron chi connectivity index (χ4n) is 2.67. The standard InChI is InChI=1S/C21H24O2/c1-14-8-6-7-9-17(14)12-15(2)19-11-10-18(16(3)22)13-20(19)21(4,5)23/h6-13,23H,1-5H3/b15-12+. The van der Waals surface area contributed by atoms with Gasteiger partial charge in [-0.15, -0.1) is 0 Å². The lowest BCUT2D eigenvalue weighted by atomic mass is 9.87. The number of allylic oxidation sites excluding steroid dienone is 1. The predicted molar refractivity (Wildman–Crippen MR) is 96.4 cm³/mol. The summed E-state index contributed by atoms with van der Waals surface area (Å²) < 4.78 is 0. The molecule has 1 N–H and O–H groups in total. The summed E-state index contributed by atoms with van der Waals surface area (Å²) in [4.78, 5) is 11.6. The van der Waals surface area contributed by atoms with Gasteiger partial charge in [0.2, 0.25) is 0 Å². The van der Waals surface area contributed by atoms with E-state index >= 15 is 0 Å². The Morgan fingerprint density at radius 3 is 2.30 bits per heavy atom. The van der Waals surface area contributed by atoms with Gasteiger partial charge in [0.1, 0.15) is 0 Å². The summed E-state index contributed by atoms with van der Waals surface area (Å²) in [5.74, 6) is 0.00239. The molecule has 2 nitrogen and oxygen atoms in total. The van der Waals surface area contributed by atoms with E-state index in [9.17, 15) is 9.90 Å². The maximum atomic E-state index is 11.6. The van der Waals surface area contributed by atoms with Gasteiger partial charge in [-0.2, -0.15) is 0 Å². The molecule has 2 rings (SSSR count). The summed E-state index contributed by atoms with van der Waals surface area (Å²) in [5, 5.41) is 10.5. The minimum Gasteiger partial charge on any atom is -0.386 e. The number of hydrogen-bond donors (Lipinski definition) is 1. The van der Waals surface area contributed by atoms with Gasteiger partial charge in [-0.05, 0) is 68.5 Å². The first-order valence-corrected chi connectivity index (χ1v) is 7.82. The lowest BCUT2D eigenvalue weighted by molar-refractivity contribution is 0.0782. The van der Waals surface area contributed by atoms with E-state index in [1.54, 1.807) is 26.8 Å². The quantitative estimate of drug-likeness (QED) is 0.638. The largest absolute Gasteiger partial charge is 0.386 e. The molecule has 0 aliphatic carbocycles. The van der Waals surface area contributed by atoms with Gasteiger partial charge in [0.15, 0.2) is 5.78 Å². The molecule has 0 aliphatic rings. The van der Waals surface area contributed by atoms with Crippen LogP contribution in [0.25, 0.3) is 11.6 Å². The molecule has 0 aliphatic heterocycles. The first kappa shape index (κ1) is 17.2. The van der Waals surface area contributed by atoms with E-state index < -0.39 is 5.60 Å². The molecule has 120 valence electrons. The van der Waals surface area contributed by atoms with Crippen molar-refractivity contribution in [3.8, 4) is 0 Å². The van der Waals surface area contributed by atoms with Gasteiger partial charge in [0.05, 0.1) is 5.60 Å². The molecular weight excluding hydrogens is 284 g/mol. The van der Waals surface area contributed by atoms with Gasteiger partial charge >= 0.3 is 0 Å². The maximum Gasteiger partial charge on any atom is 0.159 e. The van der Waals surface area contributed by atoms with Crippen molar-refractivity contribution in [3.63, 3.8) is 0 Å². The highest BCUT2D eigenvalue weighted by molar-refractivity contribution is 5.95. The van der Waals surface area contributed by atoms with Gasteiger partial charge < -0.3 is 5.11 Å². The van der Waals surface area contributed by atoms with E-state index in [0.29, 0.717) is 5.56 Å². The van der Waals surface area contributed by atoms with Crippen LogP contribution in [0.5, 0.6) is 0 Å². The third-order valence-corrected chi connectivity index (χ3v) is 4.07. The summed E-state index contributed by atoms with van der Waals surface area (Å²) in [6.07, 6.45) is 2.12. The first-order valence-electron chi connectivity index (χ1n) is 7.82. The Hall–Kier alpha value is -2.19. The fourth-order valence-corrected chi connectivity index (χ4v) is 2.67. The van der Waals surface area contributed by atoms with Crippen LogP contribution in [0.4, 0.5) is 0 Å². The number of carbonyl (C=O) groups is 1. The van der Waals surface area contributed by atoms with Crippen molar-refractivity contribution in [3.05, 3.63) is 70.3 Å². The van der Waals surface area contributed by atoms with Crippen LogP contribution in [0.1, 0.15) is 60.3 Å². The molecule has 0 heterocycles. The predicted octanol–water partition coefficient (Wildman–Crippen LogP) is 4.99. The van der Waals surface area contributed by atoms with Crippen LogP contribution in [-0.2, 0) is 5.60 Å². The SMILES string of the molecule is CC(=O)c1ccc(/C(C)=C/c2ccccc2C)c(C(C)(C)O)c1. The van der Waals surface area contributed by atoms with Gasteiger partial charge in [-0.3, -0.25) is 4.79 Å². The zero-order chi connectivity index (χ0) is 17.2. The van der Waals surface area contributed by atoms with Gasteiger partial charge in [0, 0.05) is 5.56 Å². The summed E-state index contributed by atoms with van der Waals surface area (Å²) in [5.41, 5.74) is 4.76. The molecule has 0 radical (unpaired) electrons. The number of aliphatic hydroxyl groups is 1. The second-order valence-corrected chi connectivity index (χ2v) is 6.56. The van der Waals surface area contributed by atoms with Crippen molar-refractivity contribution in [2.24, 2.45) is 0 Å². The molecule has 0 unspecified atom stereocenters. The molecule has 0 saturated heterocycles. The van der Waals surface area contributed by atoms with Crippen LogP contribution in [0.15, 0.2) is 42.5 Å². The number of ketones is 1. The Kier molecular flexibility index (Phi) is 4.86. The molecular formula is C21H24O2. The molecule has 2 heteroatoms. The first-order chi connectivity index (χ1) is 10.7. The Labute approximate surface area is 138 Å². The number of hydrogen-bond acceptors (Lipinski definition) is 2. The van der Waals surface area contributed by atoms with Crippen LogP contribution < -0.4 is 0 Å². The highest BCUT2D eigenvalue weighted by atomic mass is 16.3. The zero-order valence-corrected chi connectivity index (χ0v) is 14.5.